The summed E-state index contributed by atoms with van der Waals surface area (Å²) in [6.45, 7) is 6.71. The molecule has 490 valence electrons. The third-order valence-electron chi connectivity index (χ3n) is 17.5. The zero-order valence-corrected chi connectivity index (χ0v) is 56.5. The van der Waals surface area contributed by atoms with Gasteiger partial charge in [-0.2, -0.15) is 0 Å². The number of hydrogen-bond acceptors (Lipinski definition) is 6. The molecule has 0 saturated carbocycles. The van der Waals surface area contributed by atoms with Crippen LogP contribution in [-0.2, 0) is 28.6 Å². The molecule has 0 radical (unpaired) electrons. The molecule has 0 aromatic carbocycles. The molecule has 0 heterocycles. The van der Waals surface area contributed by atoms with Crippen LogP contribution in [0.15, 0.2) is 24.3 Å². The minimum absolute atomic E-state index is 0.0689. The van der Waals surface area contributed by atoms with Gasteiger partial charge in [-0.3, -0.25) is 14.4 Å². The predicted octanol–water partition coefficient (Wildman–Crippen LogP) is 26.1. The number of hydrogen-bond donors (Lipinski definition) is 0. The van der Waals surface area contributed by atoms with E-state index in [0.717, 1.165) is 77.0 Å². The van der Waals surface area contributed by atoms with Gasteiger partial charge in [0.1, 0.15) is 13.2 Å². The van der Waals surface area contributed by atoms with Crippen LogP contribution in [0.5, 0.6) is 0 Å². The number of ether oxygens (including phenoxy) is 3. The zero-order valence-electron chi connectivity index (χ0n) is 56.5. The molecule has 0 aliphatic rings. The van der Waals surface area contributed by atoms with E-state index in [4.69, 9.17) is 14.2 Å². The Bertz CT molecular complexity index is 1340. The van der Waals surface area contributed by atoms with Crippen molar-refractivity contribution >= 4 is 17.9 Å². The first kappa shape index (κ1) is 80.9. The van der Waals surface area contributed by atoms with Gasteiger partial charge < -0.3 is 14.2 Å². The van der Waals surface area contributed by atoms with Crippen LogP contribution >= 0.6 is 0 Å². The lowest BCUT2D eigenvalue weighted by Gasteiger charge is -2.18. The van der Waals surface area contributed by atoms with Crippen molar-refractivity contribution in [2.24, 2.45) is 0 Å². The van der Waals surface area contributed by atoms with Gasteiger partial charge in [-0.1, -0.05) is 385 Å². The molecule has 0 fully saturated rings. The smallest absolute Gasteiger partial charge is 0.306 e. The van der Waals surface area contributed by atoms with Gasteiger partial charge in [0.2, 0.25) is 0 Å². The van der Waals surface area contributed by atoms with Crippen LogP contribution in [0, 0.1) is 0 Å². The Morgan fingerprint density at radius 2 is 0.434 bits per heavy atom. The maximum Gasteiger partial charge on any atom is 0.306 e. The summed E-state index contributed by atoms with van der Waals surface area (Å²) in [4.78, 5) is 38.5. The maximum atomic E-state index is 13.0. The van der Waals surface area contributed by atoms with E-state index in [0.29, 0.717) is 19.3 Å². The highest BCUT2D eigenvalue weighted by Crippen LogP contribution is 2.20. The first-order valence-corrected chi connectivity index (χ1v) is 37.8. The summed E-state index contributed by atoms with van der Waals surface area (Å²) in [6.07, 6.45) is 89.4. The summed E-state index contributed by atoms with van der Waals surface area (Å²) in [5.74, 6) is -0.846. The van der Waals surface area contributed by atoms with Gasteiger partial charge in [-0.05, 0) is 51.4 Å². The van der Waals surface area contributed by atoms with E-state index in [-0.39, 0.29) is 31.1 Å². The van der Waals surface area contributed by atoms with E-state index >= 15 is 0 Å². The summed E-state index contributed by atoms with van der Waals surface area (Å²) >= 11 is 0. The second kappa shape index (κ2) is 72.4. The van der Waals surface area contributed by atoms with Gasteiger partial charge in [0.05, 0.1) is 0 Å². The number of rotatable bonds is 71. The monoisotopic (exact) mass is 1170 g/mol. The van der Waals surface area contributed by atoms with Crippen LogP contribution in [0.2, 0.25) is 0 Å². The van der Waals surface area contributed by atoms with Crippen molar-refractivity contribution in [3.63, 3.8) is 0 Å². The maximum absolute atomic E-state index is 13.0. The molecular formula is C77H146O6. The molecule has 6 heteroatoms. The SMILES string of the molecule is CCCCCC/C=C\C/C=C\CCCCCCCC(=O)OCC(COC(=O)CCCCCCCCCCCCCCCCCCCCCCCCCCC)OC(=O)CCCCCCCCCCCCCCCCCCCCCCCCCC. The van der Waals surface area contributed by atoms with E-state index in [1.807, 2.05) is 0 Å². The fourth-order valence-corrected chi connectivity index (χ4v) is 11.8. The molecule has 0 rings (SSSR count). The van der Waals surface area contributed by atoms with E-state index in [1.54, 1.807) is 0 Å². The molecule has 6 nitrogen and oxygen atoms in total. The number of carbonyl (C=O) groups is 3. The van der Waals surface area contributed by atoms with Crippen molar-refractivity contribution in [3.8, 4) is 0 Å². The number of carbonyl (C=O) groups excluding carboxylic acids is 3. The van der Waals surface area contributed by atoms with Crippen LogP contribution < -0.4 is 0 Å². The van der Waals surface area contributed by atoms with Crippen molar-refractivity contribution in [1.82, 2.24) is 0 Å². The summed E-state index contributed by atoms with van der Waals surface area (Å²) in [5.41, 5.74) is 0. The second-order valence-corrected chi connectivity index (χ2v) is 25.9. The summed E-state index contributed by atoms with van der Waals surface area (Å²) in [7, 11) is 0. The van der Waals surface area contributed by atoms with Gasteiger partial charge in [-0.25, -0.2) is 0 Å². The first-order chi connectivity index (χ1) is 41.0. The molecule has 0 N–H and O–H groups in total. The number of unbranched alkanes of at least 4 members (excludes halogenated alkanes) is 56. The Morgan fingerprint density at radius 3 is 0.675 bits per heavy atom. The Labute approximate surface area is 519 Å². The molecule has 0 saturated heterocycles. The Morgan fingerprint density at radius 1 is 0.241 bits per heavy atom. The standard InChI is InChI=1S/C77H146O6/c1-4-7-10-13-16-19-22-25-28-31-33-35-37-39-41-42-44-46-49-52-55-58-61-64-67-70-76(79)82-73-74(72-81-75(78)69-66-63-60-57-54-51-48-30-27-24-21-18-15-12-9-6-3)83-77(80)71-68-65-62-59-56-53-50-47-45-43-40-38-36-34-32-29-26-23-20-17-14-11-8-5-2/h21,24,30,48,74H,4-20,22-23,25-29,31-47,49-73H2,1-3H3/b24-21-,48-30-. The van der Waals surface area contributed by atoms with Gasteiger partial charge >= 0.3 is 17.9 Å². The molecule has 1 atom stereocenters. The van der Waals surface area contributed by atoms with Gasteiger partial charge in [-0.15, -0.1) is 0 Å². The predicted molar refractivity (Wildman–Crippen MR) is 363 cm³/mol. The van der Waals surface area contributed by atoms with E-state index in [1.165, 1.54) is 315 Å². The Kier molecular flexibility index (Phi) is 70.5. The second-order valence-electron chi connectivity index (χ2n) is 25.9. The molecule has 0 amide bonds. The molecule has 83 heavy (non-hydrogen) atoms. The zero-order chi connectivity index (χ0) is 59.9. The summed E-state index contributed by atoms with van der Waals surface area (Å²) in [5, 5.41) is 0. The topological polar surface area (TPSA) is 78.9 Å². The molecule has 0 aliphatic heterocycles. The lowest BCUT2D eigenvalue weighted by Crippen LogP contribution is -2.30. The lowest BCUT2D eigenvalue weighted by atomic mass is 10.0. The molecule has 0 aromatic rings. The largest absolute Gasteiger partial charge is 0.462 e. The van der Waals surface area contributed by atoms with Gasteiger partial charge in [0, 0.05) is 19.3 Å². The molecule has 0 spiro atoms. The lowest BCUT2D eigenvalue weighted by molar-refractivity contribution is -0.167. The van der Waals surface area contributed by atoms with Crippen molar-refractivity contribution in [2.45, 2.75) is 438 Å². The number of esters is 3. The highest BCUT2D eigenvalue weighted by atomic mass is 16.6. The van der Waals surface area contributed by atoms with Crippen LogP contribution in [0.25, 0.3) is 0 Å². The minimum atomic E-state index is -0.775. The third kappa shape index (κ3) is 70.5. The van der Waals surface area contributed by atoms with E-state index < -0.39 is 6.10 Å². The highest BCUT2D eigenvalue weighted by molar-refractivity contribution is 5.71. The molecule has 0 aliphatic carbocycles. The molecule has 0 bridgehead atoms. The molecular weight excluding hydrogens is 1020 g/mol. The van der Waals surface area contributed by atoms with Crippen LogP contribution in [-0.4, -0.2) is 37.2 Å². The Hall–Kier alpha value is -2.11. The summed E-state index contributed by atoms with van der Waals surface area (Å²) < 4.78 is 17.0. The Balaban J connectivity index is 4.25. The quantitative estimate of drug-likeness (QED) is 0.0261. The van der Waals surface area contributed by atoms with Gasteiger partial charge in [0.25, 0.3) is 0 Å². The summed E-state index contributed by atoms with van der Waals surface area (Å²) in [6, 6.07) is 0. The van der Waals surface area contributed by atoms with E-state index in [9.17, 15) is 14.4 Å². The van der Waals surface area contributed by atoms with Crippen LogP contribution in [0.3, 0.4) is 0 Å². The van der Waals surface area contributed by atoms with E-state index in [2.05, 4.69) is 45.1 Å². The third-order valence-corrected chi connectivity index (χ3v) is 17.5. The average Bonchev–Trinajstić information content (AvgIpc) is 3.50. The van der Waals surface area contributed by atoms with Gasteiger partial charge in [0.15, 0.2) is 6.10 Å². The van der Waals surface area contributed by atoms with Crippen molar-refractivity contribution in [3.05, 3.63) is 24.3 Å². The number of allylic oxidation sites excluding steroid dienone is 4. The average molecular weight is 1170 g/mol. The van der Waals surface area contributed by atoms with Crippen LogP contribution in [0.4, 0.5) is 0 Å². The van der Waals surface area contributed by atoms with Crippen molar-refractivity contribution < 1.29 is 28.6 Å². The normalized spacial score (nSPS) is 12.1. The van der Waals surface area contributed by atoms with Crippen molar-refractivity contribution in [2.75, 3.05) is 13.2 Å². The molecule has 0 aromatic heterocycles. The first-order valence-electron chi connectivity index (χ1n) is 37.8. The minimum Gasteiger partial charge on any atom is -0.462 e. The highest BCUT2D eigenvalue weighted by Gasteiger charge is 2.20. The molecule has 1 unspecified atom stereocenters. The van der Waals surface area contributed by atoms with Crippen LogP contribution in [0.1, 0.15) is 432 Å². The fraction of sp³-hybridized carbons (Fsp3) is 0.909. The fourth-order valence-electron chi connectivity index (χ4n) is 11.8. The van der Waals surface area contributed by atoms with Crippen molar-refractivity contribution in [1.29, 1.82) is 0 Å².